The number of nitrogens with one attached hydrogen (secondary N) is 1. The van der Waals surface area contributed by atoms with E-state index in [1.54, 1.807) is 0 Å². The molecule has 2 unspecified atom stereocenters. The third kappa shape index (κ3) is 7.10. The Morgan fingerprint density at radius 2 is 1.83 bits per heavy atom. The van der Waals surface area contributed by atoms with Crippen LogP contribution in [-0.2, 0) is 33.0 Å². The smallest absolute Gasteiger partial charge is 0.338 e. The van der Waals surface area contributed by atoms with Crippen molar-refractivity contribution in [1.82, 2.24) is 4.98 Å². The highest BCUT2D eigenvalue weighted by Crippen LogP contribution is 2.44. The van der Waals surface area contributed by atoms with Gasteiger partial charge < -0.3 is 9.84 Å². The van der Waals surface area contributed by atoms with Gasteiger partial charge in [0, 0.05) is 35.3 Å². The van der Waals surface area contributed by atoms with Gasteiger partial charge in [-0.1, -0.05) is 76.2 Å². The molecule has 0 saturated carbocycles. The molecule has 0 saturated heterocycles. The van der Waals surface area contributed by atoms with Crippen molar-refractivity contribution in [3.63, 3.8) is 0 Å². The standard InChI is InChI=1S/C35H44N2O3S/c1-6-25(5)35(21-20-27-14-11-10-12-15-27)23-31(38)33(34(39)40-35)30(8-3)28-16-13-17-29(22-28)37-41(9-4)32-19-18-26(7-2)24-36-32/h9-19,22,24-25,30,37-38H,6-8,20-21,23H2,1-5H3/p+1/t25?,30-,35-,41?/m1/s1. The summed E-state index contributed by atoms with van der Waals surface area (Å²) in [5.41, 5.74) is 4.05. The Hall–Kier alpha value is -3.38. The number of esters is 1. The number of cyclic esters (lactones) is 1. The maximum Gasteiger partial charge on any atom is 0.338 e. The van der Waals surface area contributed by atoms with Crippen molar-refractivity contribution < 1.29 is 14.6 Å². The van der Waals surface area contributed by atoms with E-state index < -0.39 is 22.2 Å². The van der Waals surface area contributed by atoms with E-state index in [0.717, 1.165) is 35.5 Å². The van der Waals surface area contributed by atoms with Crippen LogP contribution in [-0.4, -0.2) is 27.0 Å². The van der Waals surface area contributed by atoms with Gasteiger partial charge >= 0.3 is 5.97 Å². The van der Waals surface area contributed by atoms with Crippen molar-refractivity contribution in [3.05, 3.63) is 101 Å². The van der Waals surface area contributed by atoms with Crippen molar-refractivity contribution >= 4 is 27.7 Å². The van der Waals surface area contributed by atoms with Crippen molar-refractivity contribution in [2.75, 3.05) is 4.72 Å². The van der Waals surface area contributed by atoms with Crippen LogP contribution in [0.5, 0.6) is 0 Å². The first kappa shape index (κ1) is 30.6. The van der Waals surface area contributed by atoms with Crippen LogP contribution in [0.1, 0.15) is 82.9 Å². The normalized spacial score (nSPS) is 19.5. The molecule has 0 spiro atoms. The van der Waals surface area contributed by atoms with Gasteiger partial charge in [0.1, 0.15) is 11.4 Å². The topological polar surface area (TPSA) is 71.4 Å². The molecule has 5 nitrogen and oxygen atoms in total. The lowest BCUT2D eigenvalue weighted by Crippen LogP contribution is -2.46. The van der Waals surface area contributed by atoms with E-state index in [-0.39, 0.29) is 17.6 Å². The Morgan fingerprint density at radius 1 is 1.05 bits per heavy atom. The number of aliphatic hydroxyl groups excluding tert-OH is 1. The molecule has 0 aliphatic carbocycles. The van der Waals surface area contributed by atoms with Gasteiger partial charge in [-0.2, -0.15) is 0 Å². The Bertz CT molecular complexity index is 1380. The number of aryl methyl sites for hydroxylation is 2. The van der Waals surface area contributed by atoms with Gasteiger partial charge in [-0.25, -0.2) is 14.5 Å². The molecule has 0 radical (unpaired) electrons. The molecule has 0 bridgehead atoms. The van der Waals surface area contributed by atoms with Gasteiger partial charge in [-0.15, -0.1) is 0 Å². The Balaban J connectivity index is 1.59. The van der Waals surface area contributed by atoms with E-state index in [2.05, 4.69) is 80.0 Å². The average Bonchev–Trinajstić information content (AvgIpc) is 3.01. The fraction of sp³-hybridized carbons (Fsp3) is 0.400. The molecule has 3 aromatic rings. The fourth-order valence-electron chi connectivity index (χ4n) is 5.74. The van der Waals surface area contributed by atoms with E-state index in [9.17, 15) is 9.90 Å². The highest BCUT2D eigenvalue weighted by molar-refractivity contribution is 7.96. The number of carbonyl (C=O) groups is 1. The number of hydrogen-bond acceptors (Lipinski definition) is 5. The number of ether oxygens (including phenoxy) is 1. The second-order valence-corrected chi connectivity index (χ2v) is 12.9. The Labute approximate surface area is 248 Å². The third-order valence-corrected chi connectivity index (χ3v) is 10.3. The summed E-state index contributed by atoms with van der Waals surface area (Å²) in [5.74, 6) is -0.357. The van der Waals surface area contributed by atoms with Crippen molar-refractivity contribution in [2.45, 2.75) is 89.7 Å². The molecule has 41 heavy (non-hydrogen) atoms. The van der Waals surface area contributed by atoms with Crippen LogP contribution in [0.3, 0.4) is 0 Å². The minimum absolute atomic E-state index is 0.121. The van der Waals surface area contributed by atoms with Crippen LogP contribution < -0.4 is 4.72 Å². The SMILES string of the molecule is CC=[SH+](Nc1cccc([C@@H](CC)C2=C(O)C[C@](CCc3ccccc3)(C(C)CC)OC2=O)c1)c1ccc(CC)cn1. The number of carbonyl (C=O) groups excluding carboxylic acids is 1. The van der Waals surface area contributed by atoms with Crippen LogP contribution in [0.25, 0.3) is 0 Å². The number of benzene rings is 2. The van der Waals surface area contributed by atoms with Crippen molar-refractivity contribution in [3.8, 4) is 0 Å². The molecule has 0 fully saturated rings. The van der Waals surface area contributed by atoms with Crippen LogP contribution in [0.4, 0.5) is 5.69 Å². The zero-order valence-corrected chi connectivity index (χ0v) is 26.0. The molecular weight excluding hydrogens is 528 g/mol. The first-order valence-corrected chi connectivity index (χ1v) is 16.3. The lowest BCUT2D eigenvalue weighted by molar-refractivity contribution is -0.167. The summed E-state index contributed by atoms with van der Waals surface area (Å²) in [7, 11) is -0.800. The van der Waals surface area contributed by atoms with Crippen LogP contribution >= 0.6 is 0 Å². The molecule has 2 N–H and O–H groups in total. The predicted octanol–water partition coefficient (Wildman–Crippen LogP) is 7.87. The number of aliphatic hydroxyl groups is 1. The summed E-state index contributed by atoms with van der Waals surface area (Å²) in [6.45, 7) is 10.5. The van der Waals surface area contributed by atoms with Crippen LogP contribution in [0.2, 0.25) is 0 Å². The van der Waals surface area contributed by atoms with Crippen LogP contribution in [0.15, 0.2) is 89.3 Å². The molecule has 6 heteroatoms. The first-order valence-electron chi connectivity index (χ1n) is 14.9. The van der Waals surface area contributed by atoms with Gasteiger partial charge in [0.15, 0.2) is 0 Å². The highest BCUT2D eigenvalue weighted by Gasteiger charge is 2.46. The monoisotopic (exact) mass is 573 g/mol. The molecule has 2 heterocycles. The number of nitrogens with zero attached hydrogens (tertiary/aromatic N) is 1. The van der Waals surface area contributed by atoms with Gasteiger partial charge in [-0.05, 0) is 73.8 Å². The summed E-state index contributed by atoms with van der Waals surface area (Å²) in [6, 6.07) is 22.7. The number of rotatable bonds is 12. The van der Waals surface area contributed by atoms with Gasteiger partial charge in [0.05, 0.1) is 16.6 Å². The second kappa shape index (κ2) is 14.0. The van der Waals surface area contributed by atoms with Crippen LogP contribution in [0, 0.1) is 5.92 Å². The summed E-state index contributed by atoms with van der Waals surface area (Å²) in [4.78, 5) is 18.4. The molecule has 1 aliphatic heterocycles. The molecular formula is C35H45N2O3S+. The molecule has 218 valence electrons. The van der Waals surface area contributed by atoms with Crippen molar-refractivity contribution in [1.29, 1.82) is 0 Å². The van der Waals surface area contributed by atoms with E-state index in [1.165, 1.54) is 11.1 Å². The Morgan fingerprint density at radius 3 is 2.44 bits per heavy atom. The van der Waals surface area contributed by atoms with Gasteiger partial charge in [-0.3, -0.25) is 0 Å². The maximum atomic E-state index is 13.7. The predicted molar refractivity (Wildman–Crippen MR) is 173 cm³/mol. The lowest BCUT2D eigenvalue weighted by Gasteiger charge is -2.42. The first-order chi connectivity index (χ1) is 19.8. The summed E-state index contributed by atoms with van der Waals surface area (Å²) < 4.78 is 9.99. The Kier molecular flexibility index (Phi) is 10.4. The summed E-state index contributed by atoms with van der Waals surface area (Å²) in [5, 5.41) is 14.7. The summed E-state index contributed by atoms with van der Waals surface area (Å²) >= 11 is 0. The lowest BCUT2D eigenvalue weighted by atomic mass is 9.75. The molecule has 1 aliphatic rings. The number of hydrogen-bond donors (Lipinski definition) is 2. The second-order valence-electron chi connectivity index (χ2n) is 11.0. The van der Waals surface area contributed by atoms with E-state index >= 15 is 0 Å². The zero-order chi connectivity index (χ0) is 29.4. The largest absolute Gasteiger partial charge is 0.512 e. The average molecular weight is 574 g/mol. The minimum Gasteiger partial charge on any atom is -0.512 e. The molecule has 2 aromatic carbocycles. The number of thiol groups is 1. The van der Waals surface area contributed by atoms with E-state index in [0.29, 0.717) is 24.8 Å². The highest BCUT2D eigenvalue weighted by atomic mass is 32.2. The molecule has 4 rings (SSSR count). The van der Waals surface area contributed by atoms with E-state index in [1.807, 2.05) is 42.6 Å². The maximum absolute atomic E-state index is 13.7. The van der Waals surface area contributed by atoms with Crippen molar-refractivity contribution in [2.24, 2.45) is 5.92 Å². The molecule has 1 aromatic heterocycles. The van der Waals surface area contributed by atoms with E-state index in [4.69, 9.17) is 4.74 Å². The number of pyridine rings is 1. The fourth-order valence-corrected chi connectivity index (χ4v) is 7.08. The summed E-state index contributed by atoms with van der Waals surface area (Å²) in [6.07, 6.45) is 6.26. The minimum atomic E-state index is -0.800. The quantitative estimate of drug-likeness (QED) is 0.0998. The zero-order valence-electron chi connectivity index (χ0n) is 25.1. The number of aromatic nitrogens is 1. The number of anilines is 1. The van der Waals surface area contributed by atoms with Gasteiger partial charge in [0.25, 0.3) is 0 Å². The molecule has 4 atom stereocenters. The van der Waals surface area contributed by atoms with Gasteiger partial charge in [0.2, 0.25) is 5.03 Å². The molecule has 0 amide bonds. The third-order valence-electron chi connectivity index (χ3n) is 8.50.